The van der Waals surface area contributed by atoms with E-state index in [2.05, 4.69) is 0 Å². The third-order valence-corrected chi connectivity index (χ3v) is 9.33. The van der Waals surface area contributed by atoms with E-state index in [0.29, 0.717) is 0 Å². The normalized spacial score (nSPS) is 29.5. The number of esters is 2. The average Bonchev–Trinajstić information content (AvgIpc) is 3.04. The maximum atomic E-state index is 13.3. The standard InChI is InChI=1S/C32H30O15/c1-11-8-16(35)21-25(39)20-18(46-31(21,27(11)40)29(42)44-2)7-5-13(23(20)37)14-4-6-15(34)19-24(38)22-17(36)9-12(10-33)28(41)32(22,30(43)45-3)47-26(14)19/h4-7,11-12,27-28,33-34,37-41H,8-10H2,1-3H3. The van der Waals surface area contributed by atoms with E-state index in [4.69, 9.17) is 18.9 Å². The third-order valence-electron chi connectivity index (χ3n) is 9.33. The van der Waals surface area contributed by atoms with Gasteiger partial charge in [-0.2, -0.15) is 0 Å². The lowest BCUT2D eigenvalue weighted by Crippen LogP contribution is -2.65. The lowest BCUT2D eigenvalue weighted by atomic mass is 9.69. The number of aliphatic hydroxyl groups is 5. The van der Waals surface area contributed by atoms with Gasteiger partial charge in [-0.25, -0.2) is 9.59 Å². The van der Waals surface area contributed by atoms with Crippen LogP contribution in [0.3, 0.4) is 0 Å². The van der Waals surface area contributed by atoms with Crippen molar-refractivity contribution in [1.29, 1.82) is 0 Å². The minimum absolute atomic E-state index is 0.163. The van der Waals surface area contributed by atoms with Crippen molar-refractivity contribution in [3.8, 4) is 34.1 Å². The molecule has 6 atom stereocenters. The molecule has 4 aliphatic rings. The molecule has 2 aromatic rings. The number of aliphatic hydroxyl groups excluding tert-OH is 5. The summed E-state index contributed by atoms with van der Waals surface area (Å²) in [6.45, 7) is 0.756. The van der Waals surface area contributed by atoms with Crippen LogP contribution in [0.25, 0.3) is 22.6 Å². The van der Waals surface area contributed by atoms with Gasteiger partial charge in [-0.1, -0.05) is 6.92 Å². The van der Waals surface area contributed by atoms with Crippen molar-refractivity contribution in [3.63, 3.8) is 0 Å². The first-order valence-electron chi connectivity index (χ1n) is 14.4. The van der Waals surface area contributed by atoms with Crippen LogP contribution in [0.4, 0.5) is 0 Å². The van der Waals surface area contributed by atoms with Gasteiger partial charge in [0.05, 0.1) is 25.4 Å². The molecule has 15 heteroatoms. The summed E-state index contributed by atoms with van der Waals surface area (Å²) in [7, 11) is 1.95. The molecular weight excluding hydrogens is 624 g/mol. The number of ether oxygens (including phenoxy) is 4. The van der Waals surface area contributed by atoms with Crippen molar-refractivity contribution < 1.29 is 73.9 Å². The summed E-state index contributed by atoms with van der Waals surface area (Å²) in [6, 6.07) is 4.69. The molecule has 2 aliphatic carbocycles. The minimum atomic E-state index is -2.71. The van der Waals surface area contributed by atoms with Gasteiger partial charge in [0, 0.05) is 36.5 Å². The molecule has 2 aromatic carbocycles. The van der Waals surface area contributed by atoms with E-state index in [1.165, 1.54) is 25.1 Å². The monoisotopic (exact) mass is 654 g/mol. The molecule has 2 saturated carbocycles. The second-order valence-electron chi connectivity index (χ2n) is 11.8. The molecule has 0 aromatic heterocycles. The Morgan fingerprint density at radius 3 is 1.96 bits per heavy atom. The average molecular weight is 655 g/mol. The summed E-state index contributed by atoms with van der Waals surface area (Å²) in [5, 5.41) is 77.5. The number of fused-ring (bicyclic) bond motifs is 4. The van der Waals surface area contributed by atoms with Crippen molar-refractivity contribution in [2.75, 3.05) is 20.8 Å². The molecule has 248 valence electrons. The number of methoxy groups -OCH3 is 2. The number of phenolic OH excluding ortho intramolecular Hbond substituents is 2. The molecule has 0 radical (unpaired) electrons. The van der Waals surface area contributed by atoms with Crippen LogP contribution in [-0.4, -0.2) is 103 Å². The van der Waals surface area contributed by atoms with Crippen LogP contribution in [-0.2, 0) is 28.7 Å². The quantitative estimate of drug-likeness (QED) is 0.226. The van der Waals surface area contributed by atoms with Gasteiger partial charge in [-0.05, 0) is 30.2 Å². The highest BCUT2D eigenvalue weighted by molar-refractivity contribution is 6.14. The topological polar surface area (TPSA) is 247 Å². The van der Waals surface area contributed by atoms with E-state index >= 15 is 0 Å². The van der Waals surface area contributed by atoms with E-state index in [1.807, 2.05) is 0 Å². The maximum absolute atomic E-state index is 13.3. The van der Waals surface area contributed by atoms with Gasteiger partial charge in [0.25, 0.3) is 11.2 Å². The molecule has 6 unspecified atom stereocenters. The Kier molecular flexibility index (Phi) is 7.26. The summed E-state index contributed by atoms with van der Waals surface area (Å²) in [6.07, 6.45) is -4.33. The summed E-state index contributed by atoms with van der Waals surface area (Å²) in [5.41, 5.74) is -7.85. The number of carbonyl (C=O) groups excluding carboxylic acids is 4. The van der Waals surface area contributed by atoms with Crippen LogP contribution in [0.1, 0.15) is 30.9 Å². The SMILES string of the molecule is COC(=O)C12Oc3ccc(-c4ccc(O)c5c4OC4(C(=O)OC)C(=C5O)C(=O)CC(CO)C4O)c(O)c3C(O)=C1C(=O)CC(C)C2O. The minimum Gasteiger partial charge on any atom is -0.507 e. The summed E-state index contributed by atoms with van der Waals surface area (Å²) < 4.78 is 21.7. The predicted molar refractivity (Wildman–Crippen MR) is 156 cm³/mol. The van der Waals surface area contributed by atoms with Gasteiger partial charge in [0.15, 0.2) is 11.6 Å². The molecule has 15 nitrogen and oxygen atoms in total. The maximum Gasteiger partial charge on any atom is 0.358 e. The molecule has 0 saturated heterocycles. The Balaban J connectivity index is 1.61. The zero-order valence-electron chi connectivity index (χ0n) is 25.1. The Hall–Kier alpha value is -5.12. The fraction of sp³-hybridized carbons (Fsp3) is 0.375. The van der Waals surface area contributed by atoms with Gasteiger partial charge in [-0.3, -0.25) is 9.59 Å². The van der Waals surface area contributed by atoms with Gasteiger partial charge in [0.1, 0.15) is 57.9 Å². The summed E-state index contributed by atoms with van der Waals surface area (Å²) in [5.74, 6) is -10.2. The Morgan fingerprint density at radius 1 is 0.809 bits per heavy atom. The van der Waals surface area contributed by atoms with Crippen molar-refractivity contribution in [3.05, 3.63) is 46.5 Å². The van der Waals surface area contributed by atoms with Crippen molar-refractivity contribution >= 4 is 35.0 Å². The van der Waals surface area contributed by atoms with Gasteiger partial charge < -0.3 is 54.7 Å². The number of benzene rings is 2. The highest BCUT2D eigenvalue weighted by atomic mass is 16.6. The van der Waals surface area contributed by atoms with Crippen LogP contribution in [0, 0.1) is 11.8 Å². The van der Waals surface area contributed by atoms with Crippen LogP contribution >= 0.6 is 0 Å². The lowest BCUT2D eigenvalue weighted by molar-refractivity contribution is -0.175. The van der Waals surface area contributed by atoms with E-state index in [1.54, 1.807) is 0 Å². The van der Waals surface area contributed by atoms with Crippen molar-refractivity contribution in [1.82, 2.24) is 0 Å². The number of rotatable bonds is 4. The largest absolute Gasteiger partial charge is 0.507 e. The first-order chi connectivity index (χ1) is 22.2. The Bertz CT molecular complexity index is 1840. The smallest absolute Gasteiger partial charge is 0.358 e. The number of phenols is 2. The van der Waals surface area contributed by atoms with Gasteiger partial charge in [-0.15, -0.1) is 0 Å². The second kappa shape index (κ2) is 10.7. The number of ketones is 2. The van der Waals surface area contributed by atoms with E-state index in [0.717, 1.165) is 20.3 Å². The van der Waals surface area contributed by atoms with E-state index < -0.39 is 123 Å². The van der Waals surface area contributed by atoms with Crippen LogP contribution in [0.5, 0.6) is 23.0 Å². The number of aromatic hydroxyl groups is 2. The van der Waals surface area contributed by atoms with Gasteiger partial charge >= 0.3 is 11.9 Å². The number of Topliss-reactive ketones (excluding diaryl/α,β-unsaturated/α-hetero) is 2. The molecule has 47 heavy (non-hydrogen) atoms. The molecule has 0 spiro atoms. The molecular formula is C32H30O15. The summed E-state index contributed by atoms with van der Waals surface area (Å²) >= 11 is 0. The fourth-order valence-corrected chi connectivity index (χ4v) is 7.04. The number of hydrogen-bond donors (Lipinski definition) is 7. The van der Waals surface area contributed by atoms with Crippen LogP contribution < -0.4 is 9.47 Å². The highest BCUT2D eigenvalue weighted by Crippen LogP contribution is 2.56. The Labute approximate surface area is 265 Å². The van der Waals surface area contributed by atoms with Crippen molar-refractivity contribution in [2.24, 2.45) is 11.8 Å². The van der Waals surface area contributed by atoms with Crippen LogP contribution in [0.2, 0.25) is 0 Å². The van der Waals surface area contributed by atoms with Crippen molar-refractivity contribution in [2.45, 2.75) is 43.2 Å². The molecule has 0 amide bonds. The molecule has 2 heterocycles. The third kappa shape index (κ3) is 3.96. The lowest BCUT2D eigenvalue weighted by Gasteiger charge is -2.46. The van der Waals surface area contributed by atoms with Gasteiger partial charge in [0.2, 0.25) is 0 Å². The zero-order valence-corrected chi connectivity index (χ0v) is 25.1. The van der Waals surface area contributed by atoms with Crippen LogP contribution in [0.15, 0.2) is 35.4 Å². The van der Waals surface area contributed by atoms with E-state index in [9.17, 15) is 54.9 Å². The fourth-order valence-electron chi connectivity index (χ4n) is 7.04. The predicted octanol–water partition coefficient (Wildman–Crippen LogP) is 0.823. The first-order valence-corrected chi connectivity index (χ1v) is 14.4. The molecule has 6 rings (SSSR count). The molecule has 2 aliphatic heterocycles. The Morgan fingerprint density at radius 2 is 1.36 bits per heavy atom. The number of carbonyl (C=O) groups is 4. The number of hydrogen-bond acceptors (Lipinski definition) is 15. The second-order valence-corrected chi connectivity index (χ2v) is 11.8. The molecule has 0 bridgehead atoms. The first kappa shape index (κ1) is 31.8. The summed E-state index contributed by atoms with van der Waals surface area (Å²) in [4.78, 5) is 52.8. The highest BCUT2D eigenvalue weighted by Gasteiger charge is 2.65. The van der Waals surface area contributed by atoms with E-state index in [-0.39, 0.29) is 23.3 Å². The molecule has 7 N–H and O–H groups in total. The zero-order chi connectivity index (χ0) is 34.3. The molecule has 2 fully saturated rings.